The Hall–Kier alpha value is -0.730. The van der Waals surface area contributed by atoms with Gasteiger partial charge < -0.3 is 11.5 Å². The highest BCUT2D eigenvalue weighted by Crippen LogP contribution is 2.20. The Morgan fingerprint density at radius 2 is 1.67 bits per heavy atom. The van der Waals surface area contributed by atoms with Crippen LogP contribution >= 0.6 is 0 Å². The number of guanidine groups is 1. The fourth-order valence-corrected chi connectivity index (χ4v) is 1.92. The molecule has 0 saturated carbocycles. The molecule has 0 heterocycles. The predicted molar refractivity (Wildman–Crippen MR) is 67.8 cm³/mol. The highest BCUT2D eigenvalue weighted by molar-refractivity contribution is 5.75. The van der Waals surface area contributed by atoms with Crippen LogP contribution in [0.2, 0.25) is 0 Å². The third-order valence-corrected chi connectivity index (χ3v) is 2.73. The summed E-state index contributed by atoms with van der Waals surface area (Å²) in [6, 6.07) is 0. The zero-order chi connectivity index (χ0) is 11.5. The van der Waals surface area contributed by atoms with Crippen molar-refractivity contribution < 1.29 is 0 Å². The van der Waals surface area contributed by atoms with Gasteiger partial charge in [0.15, 0.2) is 5.96 Å². The highest BCUT2D eigenvalue weighted by atomic mass is 15.0. The summed E-state index contributed by atoms with van der Waals surface area (Å²) in [5.74, 6) is 1.10. The fourth-order valence-electron chi connectivity index (χ4n) is 1.92. The van der Waals surface area contributed by atoms with Gasteiger partial charge in [0.1, 0.15) is 0 Å². The van der Waals surface area contributed by atoms with E-state index in [9.17, 15) is 0 Å². The summed E-state index contributed by atoms with van der Waals surface area (Å²) >= 11 is 0. The van der Waals surface area contributed by atoms with Crippen LogP contribution in [-0.2, 0) is 0 Å². The molecule has 90 valence electrons. The fraction of sp³-hybridized carbons (Fsp3) is 0.917. The van der Waals surface area contributed by atoms with Gasteiger partial charge in [0.05, 0.1) is 0 Å². The second-order valence-electron chi connectivity index (χ2n) is 4.25. The standard InChI is InChI=1S/C12H27N3/c1-3-5-8-11(7-4-2)9-6-10-15-12(13)14/h11H,3-10H2,1-2H3,(H4,13,14,15). The quantitative estimate of drug-likeness (QED) is 0.351. The molecule has 4 N–H and O–H groups in total. The minimum absolute atomic E-state index is 0.218. The van der Waals surface area contributed by atoms with Crippen molar-refractivity contribution in [3.63, 3.8) is 0 Å². The molecule has 0 fully saturated rings. The zero-order valence-electron chi connectivity index (χ0n) is 10.3. The van der Waals surface area contributed by atoms with Crippen molar-refractivity contribution >= 4 is 5.96 Å². The van der Waals surface area contributed by atoms with Crippen LogP contribution in [0.25, 0.3) is 0 Å². The summed E-state index contributed by atoms with van der Waals surface area (Å²) in [5.41, 5.74) is 10.6. The summed E-state index contributed by atoms with van der Waals surface area (Å²) in [6.45, 7) is 5.30. The Morgan fingerprint density at radius 1 is 1.00 bits per heavy atom. The topological polar surface area (TPSA) is 64.4 Å². The first-order valence-corrected chi connectivity index (χ1v) is 6.26. The Kier molecular flexibility index (Phi) is 9.33. The van der Waals surface area contributed by atoms with Crippen LogP contribution in [0.15, 0.2) is 4.99 Å². The van der Waals surface area contributed by atoms with Gasteiger partial charge in [-0.25, -0.2) is 0 Å². The molecule has 0 rings (SSSR count). The molecule has 0 aliphatic rings. The molecule has 0 saturated heterocycles. The Morgan fingerprint density at radius 3 is 2.20 bits per heavy atom. The van der Waals surface area contributed by atoms with Crippen LogP contribution in [0.1, 0.15) is 58.8 Å². The van der Waals surface area contributed by atoms with Crippen molar-refractivity contribution in [1.29, 1.82) is 0 Å². The van der Waals surface area contributed by atoms with Gasteiger partial charge in [0, 0.05) is 6.54 Å². The second-order valence-corrected chi connectivity index (χ2v) is 4.25. The third-order valence-electron chi connectivity index (χ3n) is 2.73. The molecule has 0 aromatic carbocycles. The number of hydrogen-bond acceptors (Lipinski definition) is 1. The summed E-state index contributed by atoms with van der Waals surface area (Å²) in [6.07, 6.45) is 9.04. The molecule has 0 aliphatic heterocycles. The minimum atomic E-state index is 0.218. The average molecular weight is 213 g/mol. The van der Waals surface area contributed by atoms with E-state index < -0.39 is 0 Å². The summed E-state index contributed by atoms with van der Waals surface area (Å²) < 4.78 is 0. The Bertz CT molecular complexity index is 162. The molecular weight excluding hydrogens is 186 g/mol. The van der Waals surface area contributed by atoms with Crippen molar-refractivity contribution in [3.05, 3.63) is 0 Å². The molecule has 3 nitrogen and oxygen atoms in total. The minimum Gasteiger partial charge on any atom is -0.370 e. The molecule has 0 aromatic heterocycles. The van der Waals surface area contributed by atoms with E-state index in [0.29, 0.717) is 0 Å². The Labute approximate surface area is 94.3 Å². The van der Waals surface area contributed by atoms with Crippen LogP contribution in [0, 0.1) is 5.92 Å². The van der Waals surface area contributed by atoms with Gasteiger partial charge in [-0.2, -0.15) is 0 Å². The Balaban J connectivity index is 3.60. The second kappa shape index (κ2) is 9.81. The van der Waals surface area contributed by atoms with Gasteiger partial charge in [-0.05, 0) is 18.8 Å². The molecule has 0 aliphatic carbocycles. The monoisotopic (exact) mass is 213 g/mol. The van der Waals surface area contributed by atoms with E-state index in [4.69, 9.17) is 11.5 Å². The lowest BCUT2D eigenvalue weighted by molar-refractivity contribution is 0.394. The van der Waals surface area contributed by atoms with E-state index >= 15 is 0 Å². The van der Waals surface area contributed by atoms with Gasteiger partial charge in [0.25, 0.3) is 0 Å². The normalized spacial score (nSPS) is 12.4. The first kappa shape index (κ1) is 14.3. The summed E-state index contributed by atoms with van der Waals surface area (Å²) in [7, 11) is 0. The number of unbranched alkanes of at least 4 members (excludes halogenated alkanes) is 1. The first-order chi connectivity index (χ1) is 7.20. The average Bonchev–Trinajstić information content (AvgIpc) is 2.20. The third kappa shape index (κ3) is 9.57. The van der Waals surface area contributed by atoms with Gasteiger partial charge in [-0.1, -0.05) is 46.0 Å². The summed E-state index contributed by atoms with van der Waals surface area (Å²) in [5, 5.41) is 0. The first-order valence-electron chi connectivity index (χ1n) is 6.26. The zero-order valence-corrected chi connectivity index (χ0v) is 10.3. The molecule has 0 aromatic rings. The van der Waals surface area contributed by atoms with Crippen molar-refractivity contribution in [1.82, 2.24) is 0 Å². The molecule has 1 unspecified atom stereocenters. The molecular formula is C12H27N3. The lowest BCUT2D eigenvalue weighted by Gasteiger charge is -2.14. The van der Waals surface area contributed by atoms with Gasteiger partial charge in [-0.15, -0.1) is 0 Å². The van der Waals surface area contributed by atoms with E-state index in [1.165, 1.54) is 38.5 Å². The maximum atomic E-state index is 5.28. The lowest BCUT2D eigenvalue weighted by Crippen LogP contribution is -2.23. The number of nitrogens with two attached hydrogens (primary N) is 2. The molecule has 15 heavy (non-hydrogen) atoms. The molecule has 0 spiro atoms. The van der Waals surface area contributed by atoms with Crippen molar-refractivity contribution in [2.75, 3.05) is 6.54 Å². The number of hydrogen-bond donors (Lipinski definition) is 2. The van der Waals surface area contributed by atoms with Crippen molar-refractivity contribution in [2.24, 2.45) is 22.4 Å². The molecule has 3 heteroatoms. The van der Waals surface area contributed by atoms with Gasteiger partial charge in [-0.3, -0.25) is 4.99 Å². The molecule has 1 atom stereocenters. The molecule has 0 radical (unpaired) electrons. The van der Waals surface area contributed by atoms with E-state index in [1.807, 2.05) is 0 Å². The van der Waals surface area contributed by atoms with Crippen LogP contribution in [-0.4, -0.2) is 12.5 Å². The number of aliphatic imine (C=N–C) groups is 1. The van der Waals surface area contributed by atoms with E-state index in [1.54, 1.807) is 0 Å². The van der Waals surface area contributed by atoms with Crippen molar-refractivity contribution in [2.45, 2.75) is 58.8 Å². The van der Waals surface area contributed by atoms with E-state index in [0.717, 1.165) is 18.9 Å². The van der Waals surface area contributed by atoms with E-state index in [-0.39, 0.29) is 5.96 Å². The highest BCUT2D eigenvalue weighted by Gasteiger charge is 2.06. The maximum absolute atomic E-state index is 5.28. The van der Waals surface area contributed by atoms with Crippen LogP contribution in [0.5, 0.6) is 0 Å². The SMILES string of the molecule is CCCCC(CCC)CCCN=C(N)N. The van der Waals surface area contributed by atoms with Crippen molar-refractivity contribution in [3.8, 4) is 0 Å². The largest absolute Gasteiger partial charge is 0.370 e. The molecule has 0 bridgehead atoms. The lowest BCUT2D eigenvalue weighted by atomic mass is 9.92. The van der Waals surface area contributed by atoms with Gasteiger partial charge >= 0.3 is 0 Å². The molecule has 0 amide bonds. The van der Waals surface area contributed by atoms with Gasteiger partial charge in [0.2, 0.25) is 0 Å². The summed E-state index contributed by atoms with van der Waals surface area (Å²) in [4.78, 5) is 4.01. The predicted octanol–water partition coefficient (Wildman–Crippen LogP) is 2.65. The van der Waals surface area contributed by atoms with Crippen LogP contribution < -0.4 is 11.5 Å². The number of nitrogens with zero attached hydrogens (tertiary/aromatic N) is 1. The maximum Gasteiger partial charge on any atom is 0.185 e. The van der Waals surface area contributed by atoms with Crippen LogP contribution in [0.3, 0.4) is 0 Å². The van der Waals surface area contributed by atoms with Crippen LogP contribution in [0.4, 0.5) is 0 Å². The number of rotatable bonds is 9. The smallest absolute Gasteiger partial charge is 0.185 e. The van der Waals surface area contributed by atoms with E-state index in [2.05, 4.69) is 18.8 Å².